The Morgan fingerprint density at radius 2 is 1.88 bits per heavy atom. The number of piperazine rings is 1. The van der Waals surface area contributed by atoms with Gasteiger partial charge in [-0.15, -0.1) is 0 Å². The topological polar surface area (TPSA) is 74.1 Å². The van der Waals surface area contributed by atoms with Gasteiger partial charge in [-0.3, -0.25) is 9.69 Å². The van der Waals surface area contributed by atoms with E-state index in [-0.39, 0.29) is 25.5 Å². The van der Waals surface area contributed by atoms with Crippen LogP contribution in [0.15, 0.2) is 57.7 Å². The summed E-state index contributed by atoms with van der Waals surface area (Å²) in [4.78, 5) is 16.3. The molecule has 0 saturated carbocycles. The van der Waals surface area contributed by atoms with Crippen molar-refractivity contribution in [1.82, 2.24) is 14.1 Å². The second kappa shape index (κ2) is 10.1. The average molecular weight is 480 g/mol. The Labute approximate surface area is 192 Å². The number of nitrogens with zero attached hydrogens (tertiary/aromatic N) is 3. The predicted octanol–water partition coefficient (Wildman–Crippen LogP) is 3.35. The number of furan rings is 1. The van der Waals surface area contributed by atoms with Crippen LogP contribution in [0.1, 0.15) is 31.4 Å². The highest BCUT2D eigenvalue weighted by atomic mass is 32.2. The van der Waals surface area contributed by atoms with Crippen molar-refractivity contribution >= 4 is 15.9 Å². The van der Waals surface area contributed by atoms with Gasteiger partial charge >= 0.3 is 0 Å². The minimum Gasteiger partial charge on any atom is -0.467 e. The van der Waals surface area contributed by atoms with Crippen LogP contribution in [0.4, 0.5) is 8.78 Å². The van der Waals surface area contributed by atoms with Crippen LogP contribution in [0.5, 0.6) is 0 Å². The van der Waals surface area contributed by atoms with Crippen LogP contribution in [-0.2, 0) is 21.4 Å². The number of amides is 1. The molecule has 2 heterocycles. The molecular weight excluding hydrogens is 452 g/mol. The molecule has 1 aromatic heterocycles. The summed E-state index contributed by atoms with van der Waals surface area (Å²) in [6.45, 7) is 1.41. The Morgan fingerprint density at radius 1 is 1.09 bits per heavy atom. The van der Waals surface area contributed by atoms with Crippen molar-refractivity contribution in [3.63, 3.8) is 0 Å². The van der Waals surface area contributed by atoms with Crippen LogP contribution in [0.2, 0.25) is 0 Å². The maximum absolute atomic E-state index is 14.1. The second-order valence-corrected chi connectivity index (χ2v) is 10.2. The van der Waals surface area contributed by atoms with E-state index in [9.17, 15) is 22.0 Å². The summed E-state index contributed by atoms with van der Waals surface area (Å²) in [5.74, 6) is -1.31. The lowest BCUT2D eigenvalue weighted by atomic mass is 10.0. The van der Waals surface area contributed by atoms with Gasteiger partial charge in [0, 0.05) is 37.9 Å². The molecule has 2 aromatic rings. The van der Waals surface area contributed by atoms with Gasteiger partial charge in [-0.25, -0.2) is 17.2 Å². The minimum atomic E-state index is -4.08. The molecule has 0 spiro atoms. The van der Waals surface area contributed by atoms with Crippen LogP contribution in [0.3, 0.4) is 0 Å². The first-order chi connectivity index (χ1) is 15.8. The average Bonchev–Trinajstić information content (AvgIpc) is 3.31. The molecule has 2 aliphatic rings. The van der Waals surface area contributed by atoms with Crippen molar-refractivity contribution in [2.75, 3.05) is 32.7 Å². The standard InChI is InChI=1S/C23H27F2N3O4S/c24-18-8-9-22(21(25)15-18)33(30,31)27-12-10-26(11-13-27)17-23(29)28(16-20-7-4-14-32-20)19-5-2-1-3-6-19/h4-5,7-9,14-15H,1-3,6,10-13,16-17H2. The van der Waals surface area contributed by atoms with Crippen molar-refractivity contribution in [3.8, 4) is 0 Å². The Kier molecular flexibility index (Phi) is 7.26. The number of hydrogen-bond acceptors (Lipinski definition) is 5. The second-order valence-electron chi connectivity index (χ2n) is 8.26. The summed E-state index contributed by atoms with van der Waals surface area (Å²) in [7, 11) is -4.08. The van der Waals surface area contributed by atoms with E-state index in [0.717, 1.165) is 43.5 Å². The molecule has 1 aliphatic carbocycles. The maximum Gasteiger partial charge on any atom is 0.246 e. The van der Waals surface area contributed by atoms with Crippen molar-refractivity contribution < 1.29 is 26.4 Å². The summed E-state index contributed by atoms with van der Waals surface area (Å²) >= 11 is 0. The normalized spacial score (nSPS) is 18.2. The molecule has 0 bridgehead atoms. The molecular formula is C23H27F2N3O4S. The Bertz CT molecular complexity index is 1110. The molecule has 4 rings (SSSR count). The molecule has 178 valence electrons. The van der Waals surface area contributed by atoms with E-state index in [1.165, 1.54) is 4.31 Å². The highest BCUT2D eigenvalue weighted by molar-refractivity contribution is 7.89. The highest BCUT2D eigenvalue weighted by Gasteiger charge is 2.32. The zero-order valence-electron chi connectivity index (χ0n) is 18.3. The van der Waals surface area contributed by atoms with Gasteiger partial charge in [0.05, 0.1) is 19.4 Å². The number of carbonyl (C=O) groups is 1. The molecule has 33 heavy (non-hydrogen) atoms. The number of carbonyl (C=O) groups excluding carboxylic acids is 1. The van der Waals surface area contributed by atoms with E-state index < -0.39 is 26.6 Å². The fraction of sp³-hybridized carbons (Fsp3) is 0.435. The lowest BCUT2D eigenvalue weighted by molar-refractivity contribution is -0.131. The largest absolute Gasteiger partial charge is 0.467 e. The van der Waals surface area contributed by atoms with Crippen LogP contribution in [0, 0.1) is 11.6 Å². The fourth-order valence-electron chi connectivity index (χ4n) is 4.20. The molecule has 1 amide bonds. The molecule has 0 atom stereocenters. The fourth-order valence-corrected chi connectivity index (χ4v) is 5.67. The minimum absolute atomic E-state index is 0.0690. The summed E-state index contributed by atoms with van der Waals surface area (Å²) in [6.07, 6.45) is 7.60. The van der Waals surface area contributed by atoms with Gasteiger partial charge in [0.25, 0.3) is 0 Å². The Hall–Kier alpha value is -2.56. The third-order valence-corrected chi connectivity index (χ3v) is 7.94. The third kappa shape index (κ3) is 5.51. The van der Waals surface area contributed by atoms with E-state index in [1.807, 2.05) is 11.0 Å². The van der Waals surface area contributed by atoms with E-state index in [4.69, 9.17) is 4.42 Å². The first-order valence-electron chi connectivity index (χ1n) is 11.0. The van der Waals surface area contributed by atoms with Crippen molar-refractivity contribution in [1.29, 1.82) is 0 Å². The monoisotopic (exact) mass is 479 g/mol. The number of hydrogen-bond donors (Lipinski definition) is 0. The summed E-state index contributed by atoms with van der Waals surface area (Å²) in [5.41, 5.74) is 0.996. The molecule has 1 saturated heterocycles. The van der Waals surface area contributed by atoms with Gasteiger partial charge in [-0.1, -0.05) is 6.08 Å². The molecule has 7 nitrogen and oxygen atoms in total. The van der Waals surface area contributed by atoms with Crippen molar-refractivity contribution in [2.24, 2.45) is 0 Å². The lowest BCUT2D eigenvalue weighted by Gasteiger charge is -2.35. The zero-order valence-corrected chi connectivity index (χ0v) is 19.1. The van der Waals surface area contributed by atoms with Crippen LogP contribution in [-0.4, -0.2) is 61.2 Å². The van der Waals surface area contributed by atoms with Gasteiger partial charge < -0.3 is 9.32 Å². The number of sulfonamides is 1. The van der Waals surface area contributed by atoms with E-state index in [0.29, 0.717) is 31.5 Å². The first-order valence-corrected chi connectivity index (χ1v) is 12.5. The smallest absolute Gasteiger partial charge is 0.246 e. The van der Waals surface area contributed by atoms with Crippen LogP contribution >= 0.6 is 0 Å². The molecule has 0 unspecified atom stereocenters. The first kappa shape index (κ1) is 23.6. The summed E-state index contributed by atoms with van der Waals surface area (Å²) < 4.78 is 59.4. The zero-order chi connectivity index (χ0) is 23.4. The van der Waals surface area contributed by atoms with E-state index in [2.05, 4.69) is 6.08 Å². The lowest BCUT2D eigenvalue weighted by Crippen LogP contribution is -2.51. The van der Waals surface area contributed by atoms with E-state index >= 15 is 0 Å². The molecule has 10 heteroatoms. The quantitative estimate of drug-likeness (QED) is 0.609. The maximum atomic E-state index is 14.1. The van der Waals surface area contributed by atoms with Gasteiger partial charge in [0.15, 0.2) is 0 Å². The van der Waals surface area contributed by atoms with Crippen molar-refractivity contribution in [3.05, 3.63) is 65.8 Å². The van der Waals surface area contributed by atoms with E-state index in [1.54, 1.807) is 17.2 Å². The van der Waals surface area contributed by atoms with Crippen LogP contribution in [0.25, 0.3) is 0 Å². The van der Waals surface area contributed by atoms with Crippen LogP contribution < -0.4 is 0 Å². The number of rotatable bonds is 7. The van der Waals surface area contributed by atoms with Crippen molar-refractivity contribution in [2.45, 2.75) is 37.1 Å². The molecule has 1 aliphatic heterocycles. The van der Waals surface area contributed by atoms with Gasteiger partial charge in [0.1, 0.15) is 22.3 Å². The SMILES string of the molecule is O=C(CN1CCN(S(=O)(=O)c2ccc(F)cc2F)CC1)N(Cc1ccco1)C1=CCCCC1. The molecule has 1 aromatic carbocycles. The summed E-state index contributed by atoms with van der Waals surface area (Å²) in [5, 5.41) is 0. The van der Waals surface area contributed by atoms with Gasteiger partial charge in [0.2, 0.25) is 15.9 Å². The van der Waals surface area contributed by atoms with Gasteiger partial charge in [-0.05, 0) is 49.9 Å². The number of benzene rings is 1. The molecule has 0 N–H and O–H groups in total. The Morgan fingerprint density at radius 3 is 2.52 bits per heavy atom. The molecule has 0 radical (unpaired) electrons. The highest BCUT2D eigenvalue weighted by Crippen LogP contribution is 2.24. The van der Waals surface area contributed by atoms with Gasteiger partial charge in [-0.2, -0.15) is 4.31 Å². The third-order valence-electron chi connectivity index (χ3n) is 6.01. The summed E-state index contributed by atoms with van der Waals surface area (Å²) in [6, 6.07) is 6.06. The number of halogens is 2. The molecule has 1 fully saturated rings. The predicted molar refractivity (Wildman–Crippen MR) is 117 cm³/mol. The number of allylic oxidation sites excluding steroid dienone is 2. The Balaban J connectivity index is 1.39.